The van der Waals surface area contributed by atoms with E-state index in [-0.39, 0.29) is 11.9 Å². The number of halogens is 1. The smallest absolute Gasteiger partial charge is 0.162 e. The van der Waals surface area contributed by atoms with Crippen molar-refractivity contribution in [3.05, 3.63) is 79.0 Å². The van der Waals surface area contributed by atoms with Crippen LogP contribution in [0, 0.1) is 5.82 Å². The maximum absolute atomic E-state index is 14.1. The topological polar surface area (TPSA) is 58.4 Å². The number of pyridine rings is 1. The quantitative estimate of drug-likeness (QED) is 0.434. The van der Waals surface area contributed by atoms with Crippen LogP contribution in [0.15, 0.2) is 73.2 Å². The summed E-state index contributed by atoms with van der Waals surface area (Å²) < 4.78 is 33.0. The van der Waals surface area contributed by atoms with Gasteiger partial charge in [0.2, 0.25) is 0 Å². The van der Waals surface area contributed by atoms with Crippen LogP contribution < -0.4 is 9.47 Å². The van der Waals surface area contributed by atoms with Crippen LogP contribution >= 0.6 is 0 Å². The van der Waals surface area contributed by atoms with E-state index >= 15 is 0 Å². The Labute approximate surface area is 185 Å². The summed E-state index contributed by atoms with van der Waals surface area (Å²) in [6, 6.07) is 17.0. The van der Waals surface area contributed by atoms with Crippen molar-refractivity contribution in [3.63, 3.8) is 0 Å². The highest BCUT2D eigenvalue weighted by Gasteiger charge is 2.20. The van der Waals surface area contributed by atoms with Gasteiger partial charge in [0, 0.05) is 23.7 Å². The molecule has 0 amide bonds. The normalized spacial score (nSPS) is 15.6. The average molecular weight is 431 g/mol. The van der Waals surface area contributed by atoms with Crippen LogP contribution in [0.1, 0.15) is 6.42 Å². The molecule has 2 aromatic heterocycles. The minimum atomic E-state index is -0.349. The molecular weight excluding hydrogens is 409 g/mol. The number of methoxy groups -OCH3 is 1. The fraction of sp³-hybridized carbons (Fsp3) is 0.200. The zero-order chi connectivity index (χ0) is 21.9. The summed E-state index contributed by atoms with van der Waals surface area (Å²) in [5.41, 5.74) is 4.01. The fourth-order valence-corrected chi connectivity index (χ4v) is 3.83. The molecule has 7 heteroatoms. The van der Waals surface area contributed by atoms with Crippen molar-refractivity contribution in [2.75, 3.05) is 20.3 Å². The highest BCUT2D eigenvalue weighted by molar-refractivity contribution is 5.68. The first-order chi connectivity index (χ1) is 15.7. The zero-order valence-corrected chi connectivity index (χ0v) is 17.6. The minimum Gasteiger partial charge on any atom is -0.493 e. The molecule has 1 aliphatic heterocycles. The molecule has 1 unspecified atom stereocenters. The molecule has 0 radical (unpaired) electrons. The van der Waals surface area contributed by atoms with Gasteiger partial charge in [-0.2, -0.15) is 5.10 Å². The monoisotopic (exact) mass is 431 g/mol. The van der Waals surface area contributed by atoms with Crippen molar-refractivity contribution in [1.82, 2.24) is 14.8 Å². The van der Waals surface area contributed by atoms with Gasteiger partial charge in [0.15, 0.2) is 11.5 Å². The molecule has 1 saturated heterocycles. The Morgan fingerprint density at radius 3 is 2.59 bits per heavy atom. The van der Waals surface area contributed by atoms with Crippen molar-refractivity contribution in [2.24, 2.45) is 0 Å². The molecule has 1 fully saturated rings. The Hall–Kier alpha value is -3.71. The van der Waals surface area contributed by atoms with Crippen LogP contribution in [0.4, 0.5) is 4.39 Å². The van der Waals surface area contributed by atoms with Gasteiger partial charge in [0.25, 0.3) is 0 Å². The Morgan fingerprint density at radius 2 is 1.84 bits per heavy atom. The highest BCUT2D eigenvalue weighted by Crippen LogP contribution is 2.35. The van der Waals surface area contributed by atoms with Crippen molar-refractivity contribution in [3.8, 4) is 39.6 Å². The second-order valence-electron chi connectivity index (χ2n) is 7.50. The Morgan fingerprint density at radius 1 is 1.00 bits per heavy atom. The summed E-state index contributed by atoms with van der Waals surface area (Å²) in [4.78, 5) is 3.81. The lowest BCUT2D eigenvalue weighted by Gasteiger charge is -2.16. The molecule has 4 aromatic rings. The molecule has 1 aliphatic rings. The lowest BCUT2D eigenvalue weighted by Crippen LogP contribution is -2.16. The molecule has 5 rings (SSSR count). The van der Waals surface area contributed by atoms with Crippen molar-refractivity contribution in [1.29, 1.82) is 0 Å². The summed E-state index contributed by atoms with van der Waals surface area (Å²) in [7, 11) is 1.63. The molecule has 1 atom stereocenters. The van der Waals surface area contributed by atoms with Crippen molar-refractivity contribution in [2.45, 2.75) is 12.5 Å². The predicted molar refractivity (Wildman–Crippen MR) is 119 cm³/mol. The molecular formula is C25H22FN3O3. The van der Waals surface area contributed by atoms with E-state index in [0.717, 1.165) is 28.9 Å². The van der Waals surface area contributed by atoms with Gasteiger partial charge < -0.3 is 14.2 Å². The van der Waals surface area contributed by atoms with Gasteiger partial charge in [-0.15, -0.1) is 0 Å². The van der Waals surface area contributed by atoms with Gasteiger partial charge in [-0.05, 0) is 48.0 Å². The molecule has 6 nitrogen and oxygen atoms in total. The largest absolute Gasteiger partial charge is 0.493 e. The van der Waals surface area contributed by atoms with Gasteiger partial charge in [0.1, 0.15) is 11.9 Å². The number of benzene rings is 2. The van der Waals surface area contributed by atoms with E-state index in [1.54, 1.807) is 25.6 Å². The van der Waals surface area contributed by atoms with Crippen LogP contribution in [0.5, 0.6) is 11.5 Å². The first kappa shape index (κ1) is 20.2. The van der Waals surface area contributed by atoms with Gasteiger partial charge in [0.05, 0.1) is 44.1 Å². The lowest BCUT2D eigenvalue weighted by molar-refractivity contribution is 0.138. The van der Waals surface area contributed by atoms with Crippen LogP contribution in [-0.4, -0.2) is 41.2 Å². The van der Waals surface area contributed by atoms with Gasteiger partial charge >= 0.3 is 0 Å². The number of hydrogen-bond acceptors (Lipinski definition) is 5. The van der Waals surface area contributed by atoms with Crippen molar-refractivity contribution < 1.29 is 18.6 Å². The molecule has 2 aromatic carbocycles. The van der Waals surface area contributed by atoms with E-state index in [0.29, 0.717) is 30.3 Å². The number of ether oxygens (including phenoxy) is 3. The third-order valence-electron chi connectivity index (χ3n) is 5.48. The van der Waals surface area contributed by atoms with Gasteiger partial charge in [-0.25, -0.2) is 9.07 Å². The third kappa shape index (κ3) is 3.94. The molecule has 162 valence electrons. The first-order valence-electron chi connectivity index (χ1n) is 10.4. The predicted octanol–water partition coefficient (Wildman–Crippen LogP) is 4.92. The lowest BCUT2D eigenvalue weighted by atomic mass is 10.1. The minimum absolute atomic E-state index is 0.0187. The van der Waals surface area contributed by atoms with E-state index in [9.17, 15) is 4.39 Å². The van der Waals surface area contributed by atoms with Crippen LogP contribution in [-0.2, 0) is 4.74 Å². The number of rotatable bonds is 6. The van der Waals surface area contributed by atoms with E-state index in [1.807, 2.05) is 53.2 Å². The molecule has 0 aliphatic carbocycles. The summed E-state index contributed by atoms with van der Waals surface area (Å²) in [5.74, 6) is 1.01. The van der Waals surface area contributed by atoms with Crippen LogP contribution in [0.25, 0.3) is 28.1 Å². The summed E-state index contributed by atoms with van der Waals surface area (Å²) in [6.45, 7) is 1.29. The van der Waals surface area contributed by atoms with Gasteiger partial charge in [-0.3, -0.25) is 4.98 Å². The van der Waals surface area contributed by atoms with Gasteiger partial charge in [-0.1, -0.05) is 12.1 Å². The highest BCUT2D eigenvalue weighted by atomic mass is 19.1. The van der Waals surface area contributed by atoms with E-state index < -0.39 is 0 Å². The number of nitrogens with zero attached hydrogens (tertiary/aromatic N) is 3. The molecule has 3 heterocycles. The second kappa shape index (κ2) is 8.80. The fourth-order valence-electron chi connectivity index (χ4n) is 3.83. The Kier molecular flexibility index (Phi) is 5.56. The molecule has 0 saturated carbocycles. The number of hydrogen-bond donors (Lipinski definition) is 0. The Bertz CT molecular complexity index is 1220. The maximum atomic E-state index is 14.1. The average Bonchev–Trinajstić information content (AvgIpc) is 3.52. The Balaban J connectivity index is 1.46. The maximum Gasteiger partial charge on any atom is 0.162 e. The summed E-state index contributed by atoms with van der Waals surface area (Å²) in [5, 5.41) is 4.50. The van der Waals surface area contributed by atoms with Crippen LogP contribution in [0.3, 0.4) is 0 Å². The zero-order valence-electron chi connectivity index (χ0n) is 17.6. The third-order valence-corrected chi connectivity index (χ3v) is 5.48. The molecule has 0 spiro atoms. The molecule has 32 heavy (non-hydrogen) atoms. The van der Waals surface area contributed by atoms with E-state index in [1.165, 1.54) is 6.20 Å². The first-order valence-corrected chi connectivity index (χ1v) is 10.4. The number of aromatic nitrogens is 3. The molecule has 0 N–H and O–H groups in total. The SMILES string of the molecule is COc1ccc(-c2ccnn2-c2ccc(-c3ccncc3F)cc2)cc1OC1CCOC1. The van der Waals surface area contributed by atoms with E-state index in [4.69, 9.17) is 14.2 Å². The second-order valence-corrected chi connectivity index (χ2v) is 7.50. The van der Waals surface area contributed by atoms with E-state index in [2.05, 4.69) is 10.1 Å². The summed E-state index contributed by atoms with van der Waals surface area (Å²) >= 11 is 0. The molecule has 0 bridgehead atoms. The van der Waals surface area contributed by atoms with Crippen molar-refractivity contribution >= 4 is 0 Å². The van der Waals surface area contributed by atoms with Crippen LogP contribution in [0.2, 0.25) is 0 Å². The standard InChI is InChI=1S/C25H22FN3O3/c1-30-24-7-4-18(14-25(24)32-20-10-13-31-16-20)23-9-12-28-29(23)19-5-2-17(3-6-19)21-8-11-27-15-22(21)26/h2-9,11-12,14-15,20H,10,13,16H2,1H3. The summed E-state index contributed by atoms with van der Waals surface area (Å²) in [6.07, 6.45) is 5.43.